The van der Waals surface area contributed by atoms with E-state index in [9.17, 15) is 0 Å². The molecule has 4 heteroatoms. The van der Waals surface area contributed by atoms with E-state index in [4.69, 9.17) is 17.3 Å². The van der Waals surface area contributed by atoms with Gasteiger partial charge in [0.15, 0.2) is 5.84 Å². The van der Waals surface area contributed by atoms with Gasteiger partial charge in [0.05, 0.1) is 10.7 Å². The van der Waals surface area contributed by atoms with Crippen LogP contribution >= 0.6 is 11.6 Å². The molecule has 2 rings (SSSR count). The van der Waals surface area contributed by atoms with Crippen molar-refractivity contribution in [1.29, 1.82) is 0 Å². The summed E-state index contributed by atoms with van der Waals surface area (Å²) >= 11 is 5.98. The third kappa shape index (κ3) is 2.98. The summed E-state index contributed by atoms with van der Waals surface area (Å²) in [5, 5.41) is 4.69. The third-order valence-corrected chi connectivity index (χ3v) is 2.57. The lowest BCUT2D eigenvalue weighted by Crippen LogP contribution is -2.15. The Morgan fingerprint density at radius 2 is 1.65 bits per heavy atom. The predicted molar refractivity (Wildman–Crippen MR) is 72.2 cm³/mol. The maximum atomic E-state index is 5.98. The zero-order chi connectivity index (χ0) is 12.1. The van der Waals surface area contributed by atoms with Crippen molar-refractivity contribution in [1.82, 2.24) is 0 Å². The molecule has 2 aromatic rings. The topological polar surface area (TPSA) is 50.4 Å². The molecule has 0 saturated carbocycles. The van der Waals surface area contributed by atoms with Gasteiger partial charge in [0.2, 0.25) is 0 Å². The Bertz CT molecular complexity index is 523. The first-order valence-corrected chi connectivity index (χ1v) is 5.54. The molecule has 0 aliphatic carbocycles. The van der Waals surface area contributed by atoms with Gasteiger partial charge in [0, 0.05) is 5.56 Å². The Hall–Kier alpha value is -2.00. The van der Waals surface area contributed by atoms with Crippen LogP contribution in [0.25, 0.3) is 0 Å². The molecule has 0 fully saturated rings. The van der Waals surface area contributed by atoms with Crippen LogP contribution in [0.5, 0.6) is 0 Å². The van der Waals surface area contributed by atoms with E-state index in [1.54, 1.807) is 6.07 Å². The Labute approximate surface area is 105 Å². The van der Waals surface area contributed by atoms with E-state index < -0.39 is 0 Å². The summed E-state index contributed by atoms with van der Waals surface area (Å²) in [6.45, 7) is 0. The third-order valence-electron chi connectivity index (χ3n) is 2.24. The molecule has 0 aliphatic heterocycles. The minimum atomic E-state index is 0.422. The van der Waals surface area contributed by atoms with Crippen molar-refractivity contribution >= 4 is 23.1 Å². The second-order valence-corrected chi connectivity index (χ2v) is 3.86. The smallest absolute Gasteiger partial charge is 0.150 e. The van der Waals surface area contributed by atoms with Gasteiger partial charge in [-0.15, -0.1) is 0 Å². The molecule has 0 amide bonds. The number of anilines is 1. The number of rotatable bonds is 3. The quantitative estimate of drug-likeness (QED) is 0.496. The van der Waals surface area contributed by atoms with Crippen molar-refractivity contribution in [3.05, 3.63) is 65.2 Å². The number of nitrogens with zero attached hydrogens (tertiary/aromatic N) is 1. The van der Waals surface area contributed by atoms with Gasteiger partial charge >= 0.3 is 0 Å². The van der Waals surface area contributed by atoms with Crippen LogP contribution in [0, 0.1) is 0 Å². The van der Waals surface area contributed by atoms with Gasteiger partial charge in [-0.1, -0.05) is 54.1 Å². The highest BCUT2D eigenvalue weighted by molar-refractivity contribution is 6.33. The molecule has 0 bridgehead atoms. The Kier molecular flexibility index (Phi) is 3.62. The van der Waals surface area contributed by atoms with E-state index >= 15 is 0 Å². The van der Waals surface area contributed by atoms with Gasteiger partial charge in [0.25, 0.3) is 0 Å². The maximum absolute atomic E-state index is 5.98. The minimum absolute atomic E-state index is 0.422. The number of hydrazone groups is 1. The lowest BCUT2D eigenvalue weighted by molar-refractivity contribution is 1.31. The lowest BCUT2D eigenvalue weighted by Gasteiger charge is -2.04. The molecular weight excluding hydrogens is 234 g/mol. The minimum Gasteiger partial charge on any atom is -0.382 e. The lowest BCUT2D eigenvalue weighted by atomic mass is 10.2. The Balaban J connectivity index is 2.14. The van der Waals surface area contributed by atoms with Crippen molar-refractivity contribution in [3.8, 4) is 0 Å². The number of benzene rings is 2. The molecule has 0 radical (unpaired) electrons. The van der Waals surface area contributed by atoms with Crippen molar-refractivity contribution in [3.63, 3.8) is 0 Å². The summed E-state index contributed by atoms with van der Waals surface area (Å²) in [6.07, 6.45) is 0. The molecule has 86 valence electrons. The molecule has 0 spiro atoms. The SMILES string of the molecule is N/C(=N/Nc1ccccc1Cl)c1ccccc1. The van der Waals surface area contributed by atoms with Crippen LogP contribution in [0.4, 0.5) is 5.69 Å². The van der Waals surface area contributed by atoms with Gasteiger partial charge in [-0.25, -0.2) is 0 Å². The highest BCUT2D eigenvalue weighted by Gasteiger charge is 1.98. The molecule has 3 nitrogen and oxygen atoms in total. The normalized spacial score (nSPS) is 11.2. The molecule has 0 aliphatic rings. The van der Waals surface area contributed by atoms with E-state index in [-0.39, 0.29) is 0 Å². The second kappa shape index (κ2) is 5.37. The van der Waals surface area contributed by atoms with E-state index in [0.717, 1.165) is 11.3 Å². The molecule has 0 atom stereocenters. The molecule has 0 unspecified atom stereocenters. The maximum Gasteiger partial charge on any atom is 0.150 e. The van der Waals surface area contributed by atoms with Crippen molar-refractivity contribution in [2.75, 3.05) is 5.43 Å². The van der Waals surface area contributed by atoms with Crippen LogP contribution in [0.3, 0.4) is 0 Å². The van der Waals surface area contributed by atoms with Gasteiger partial charge in [-0.05, 0) is 12.1 Å². The van der Waals surface area contributed by atoms with Crippen molar-refractivity contribution < 1.29 is 0 Å². The summed E-state index contributed by atoms with van der Waals surface area (Å²) in [6, 6.07) is 16.9. The highest BCUT2D eigenvalue weighted by Crippen LogP contribution is 2.20. The fraction of sp³-hybridized carbons (Fsp3) is 0. The largest absolute Gasteiger partial charge is 0.382 e. The number of halogens is 1. The summed E-state index contributed by atoms with van der Waals surface area (Å²) in [4.78, 5) is 0. The van der Waals surface area contributed by atoms with Crippen molar-refractivity contribution in [2.45, 2.75) is 0 Å². The Morgan fingerprint density at radius 1 is 1.00 bits per heavy atom. The first-order valence-electron chi connectivity index (χ1n) is 5.16. The highest BCUT2D eigenvalue weighted by atomic mass is 35.5. The second-order valence-electron chi connectivity index (χ2n) is 3.45. The fourth-order valence-corrected chi connectivity index (χ4v) is 1.52. The first kappa shape index (κ1) is 11.5. The van der Waals surface area contributed by atoms with Crippen molar-refractivity contribution in [2.24, 2.45) is 10.8 Å². The molecular formula is C13H12ClN3. The average Bonchev–Trinajstić information content (AvgIpc) is 2.38. The number of nitrogens with two attached hydrogens (primary N) is 1. The van der Waals surface area contributed by atoms with Crippen LogP contribution in [0.1, 0.15) is 5.56 Å². The standard InChI is InChI=1S/C13H12ClN3/c14-11-8-4-5-9-12(11)16-17-13(15)10-6-2-1-3-7-10/h1-9,16H,(H2,15,17). The van der Waals surface area contributed by atoms with Crippen LogP contribution in [-0.4, -0.2) is 5.84 Å². The van der Waals surface area contributed by atoms with Crippen LogP contribution in [0.15, 0.2) is 59.7 Å². The monoisotopic (exact) mass is 245 g/mol. The number of hydrogen-bond donors (Lipinski definition) is 2. The predicted octanol–water partition coefficient (Wildman–Crippen LogP) is 3.07. The first-order chi connectivity index (χ1) is 8.27. The van der Waals surface area contributed by atoms with Crippen LogP contribution in [0.2, 0.25) is 5.02 Å². The molecule has 2 aromatic carbocycles. The summed E-state index contributed by atoms with van der Waals surface area (Å²) < 4.78 is 0. The average molecular weight is 246 g/mol. The van der Waals surface area contributed by atoms with Gasteiger partial charge in [-0.3, -0.25) is 5.43 Å². The van der Waals surface area contributed by atoms with Gasteiger partial charge in [-0.2, -0.15) is 5.10 Å². The van der Waals surface area contributed by atoms with E-state index in [2.05, 4.69) is 10.5 Å². The number of nitrogens with one attached hydrogen (secondary N) is 1. The summed E-state index contributed by atoms with van der Waals surface area (Å²) in [7, 11) is 0. The van der Waals surface area contributed by atoms with E-state index in [1.807, 2.05) is 48.5 Å². The van der Waals surface area contributed by atoms with Gasteiger partial charge < -0.3 is 5.73 Å². The summed E-state index contributed by atoms with van der Waals surface area (Å²) in [5.74, 6) is 0.422. The molecule has 3 N–H and O–H groups in total. The van der Waals surface area contributed by atoms with Gasteiger partial charge in [0.1, 0.15) is 0 Å². The number of para-hydroxylation sites is 1. The number of hydrogen-bond acceptors (Lipinski definition) is 2. The van der Waals surface area contributed by atoms with Crippen LogP contribution in [-0.2, 0) is 0 Å². The van der Waals surface area contributed by atoms with E-state index in [1.165, 1.54) is 0 Å². The molecule has 0 heterocycles. The zero-order valence-electron chi connectivity index (χ0n) is 9.10. The fourth-order valence-electron chi connectivity index (χ4n) is 1.35. The summed E-state index contributed by atoms with van der Waals surface area (Å²) in [5.41, 5.74) is 10.3. The van der Waals surface area contributed by atoms with Crippen LogP contribution < -0.4 is 11.2 Å². The van der Waals surface area contributed by atoms with E-state index in [0.29, 0.717) is 10.9 Å². The Morgan fingerprint density at radius 3 is 2.35 bits per heavy atom. The molecule has 0 saturated heterocycles. The molecule has 17 heavy (non-hydrogen) atoms. The molecule has 0 aromatic heterocycles. The zero-order valence-corrected chi connectivity index (χ0v) is 9.85. The number of amidine groups is 1.